The van der Waals surface area contributed by atoms with E-state index in [9.17, 15) is 9.59 Å². The second kappa shape index (κ2) is 7.11. The van der Waals surface area contributed by atoms with Crippen LogP contribution in [0, 0.1) is 23.2 Å². The number of carbonyl (C=O) groups is 2. The van der Waals surface area contributed by atoms with Gasteiger partial charge in [0.1, 0.15) is 0 Å². The number of amides is 3. The molecular weight excluding hydrogens is 356 g/mol. The number of urea groups is 1. The minimum atomic E-state index is -0.190. The number of rotatable bonds is 5. The lowest BCUT2D eigenvalue weighted by Gasteiger charge is -2.24. The molecule has 2 aromatic rings. The number of nitrogens with one attached hydrogen (secondary N) is 2. The third kappa shape index (κ3) is 3.98. The van der Waals surface area contributed by atoms with E-state index in [4.69, 9.17) is 4.42 Å². The largest absolute Gasteiger partial charge is 0.449 e. The Morgan fingerprint density at radius 1 is 1.25 bits per heavy atom. The topological polar surface area (TPSA) is 87.5 Å². The molecule has 0 spiro atoms. The molecule has 0 bridgehead atoms. The molecule has 1 aliphatic carbocycles. The Morgan fingerprint density at radius 3 is 2.68 bits per heavy atom. The number of nitrogens with zero attached hydrogens (tertiary/aromatic N) is 2. The van der Waals surface area contributed by atoms with Crippen molar-refractivity contribution in [2.45, 2.75) is 27.2 Å². The van der Waals surface area contributed by atoms with Gasteiger partial charge in [0.15, 0.2) is 11.3 Å². The van der Waals surface area contributed by atoms with E-state index in [1.165, 1.54) is 0 Å². The van der Waals surface area contributed by atoms with Crippen LogP contribution >= 0.6 is 0 Å². The first-order chi connectivity index (χ1) is 13.3. The SMILES string of the molecule is CC(C)(C)CNC(=O)N1C[C@@H]2C(CCNC(=O)c3cc4ccncc4o3)[C@@H]2C1. The van der Waals surface area contributed by atoms with Gasteiger partial charge in [-0.1, -0.05) is 20.8 Å². The average Bonchev–Trinajstić information content (AvgIpc) is 3.04. The number of piperidine rings is 1. The molecule has 3 heterocycles. The van der Waals surface area contributed by atoms with Crippen molar-refractivity contribution >= 4 is 22.9 Å². The molecule has 28 heavy (non-hydrogen) atoms. The number of furan rings is 1. The van der Waals surface area contributed by atoms with Gasteiger partial charge < -0.3 is 20.0 Å². The number of pyridine rings is 1. The predicted molar refractivity (Wildman–Crippen MR) is 106 cm³/mol. The van der Waals surface area contributed by atoms with E-state index in [0.29, 0.717) is 42.2 Å². The van der Waals surface area contributed by atoms with Crippen LogP contribution in [0.1, 0.15) is 37.7 Å². The smallest absolute Gasteiger partial charge is 0.317 e. The molecule has 3 atom stereocenters. The zero-order valence-corrected chi connectivity index (χ0v) is 16.7. The van der Waals surface area contributed by atoms with Crippen molar-refractivity contribution < 1.29 is 14.0 Å². The van der Waals surface area contributed by atoms with Gasteiger partial charge in [-0.2, -0.15) is 0 Å². The molecule has 2 aromatic heterocycles. The van der Waals surface area contributed by atoms with Crippen LogP contribution in [0.2, 0.25) is 0 Å². The molecule has 2 N–H and O–H groups in total. The van der Waals surface area contributed by atoms with Crippen molar-refractivity contribution in [2.24, 2.45) is 23.2 Å². The number of hydrogen-bond donors (Lipinski definition) is 2. The molecule has 1 unspecified atom stereocenters. The van der Waals surface area contributed by atoms with Crippen LogP contribution in [0.4, 0.5) is 4.79 Å². The highest BCUT2D eigenvalue weighted by molar-refractivity contribution is 5.95. The summed E-state index contributed by atoms with van der Waals surface area (Å²) in [5.41, 5.74) is 0.712. The molecule has 2 fully saturated rings. The zero-order chi connectivity index (χ0) is 19.9. The van der Waals surface area contributed by atoms with Gasteiger partial charge in [0.05, 0.1) is 6.20 Å². The molecule has 4 rings (SSSR count). The Kier molecular flexibility index (Phi) is 4.77. The van der Waals surface area contributed by atoms with Gasteiger partial charge in [-0.15, -0.1) is 0 Å². The third-order valence-corrected chi connectivity index (χ3v) is 5.74. The number of fused-ring (bicyclic) bond motifs is 2. The maximum atomic E-state index is 12.3. The monoisotopic (exact) mass is 384 g/mol. The Balaban J connectivity index is 1.18. The van der Waals surface area contributed by atoms with Gasteiger partial charge in [0.2, 0.25) is 0 Å². The van der Waals surface area contributed by atoms with Crippen LogP contribution in [0.15, 0.2) is 28.9 Å². The standard InChI is InChI=1S/C21H28N4O3/c1-21(2,3)12-24-20(27)25-10-15-14(16(15)11-25)5-7-23-19(26)17-8-13-4-6-22-9-18(13)28-17/h4,6,8-9,14-16H,5,7,10-12H2,1-3H3,(H,23,26)(H,24,27)/t14?,15-,16+. The van der Waals surface area contributed by atoms with Crippen molar-refractivity contribution in [2.75, 3.05) is 26.2 Å². The highest BCUT2D eigenvalue weighted by Gasteiger charge is 2.55. The second-order valence-corrected chi connectivity index (χ2v) is 9.18. The molecular formula is C21H28N4O3. The molecule has 0 radical (unpaired) electrons. The van der Waals surface area contributed by atoms with E-state index < -0.39 is 0 Å². The van der Waals surface area contributed by atoms with Crippen molar-refractivity contribution in [1.82, 2.24) is 20.5 Å². The Bertz CT molecular complexity index is 840. The minimum Gasteiger partial charge on any atom is -0.449 e. The first-order valence-corrected chi connectivity index (χ1v) is 9.96. The van der Waals surface area contributed by atoms with Crippen LogP contribution in [0.5, 0.6) is 0 Å². The number of hydrogen-bond acceptors (Lipinski definition) is 4. The Morgan fingerprint density at radius 2 is 2.00 bits per heavy atom. The summed E-state index contributed by atoms with van der Waals surface area (Å²) in [7, 11) is 0. The fraction of sp³-hybridized carbons (Fsp3) is 0.571. The van der Waals surface area contributed by atoms with Gasteiger partial charge >= 0.3 is 6.03 Å². The van der Waals surface area contributed by atoms with Crippen LogP contribution in [-0.4, -0.2) is 48.0 Å². The van der Waals surface area contributed by atoms with Crippen LogP contribution in [-0.2, 0) is 0 Å². The molecule has 1 saturated heterocycles. The molecule has 2 aliphatic rings. The third-order valence-electron chi connectivity index (χ3n) is 5.74. The maximum absolute atomic E-state index is 12.3. The lowest BCUT2D eigenvalue weighted by Crippen LogP contribution is -2.43. The first-order valence-electron chi connectivity index (χ1n) is 9.96. The minimum absolute atomic E-state index is 0.0496. The summed E-state index contributed by atoms with van der Waals surface area (Å²) in [6.45, 7) is 9.31. The average molecular weight is 384 g/mol. The molecule has 150 valence electrons. The highest BCUT2D eigenvalue weighted by atomic mass is 16.3. The van der Waals surface area contributed by atoms with Crippen molar-refractivity contribution in [3.8, 4) is 0 Å². The van der Waals surface area contributed by atoms with Crippen LogP contribution in [0.3, 0.4) is 0 Å². The molecule has 7 nitrogen and oxygen atoms in total. The van der Waals surface area contributed by atoms with Gasteiger partial charge in [-0.3, -0.25) is 9.78 Å². The van der Waals surface area contributed by atoms with Crippen molar-refractivity contribution in [3.05, 3.63) is 30.3 Å². The van der Waals surface area contributed by atoms with E-state index in [1.54, 1.807) is 18.5 Å². The van der Waals surface area contributed by atoms with E-state index in [-0.39, 0.29) is 17.4 Å². The molecule has 0 aromatic carbocycles. The van der Waals surface area contributed by atoms with Crippen LogP contribution in [0.25, 0.3) is 11.0 Å². The van der Waals surface area contributed by atoms with E-state index in [2.05, 4.69) is 36.4 Å². The maximum Gasteiger partial charge on any atom is 0.317 e. The molecule has 7 heteroatoms. The summed E-state index contributed by atoms with van der Waals surface area (Å²) in [5.74, 6) is 1.89. The fourth-order valence-electron chi connectivity index (χ4n) is 4.13. The highest BCUT2D eigenvalue weighted by Crippen LogP contribution is 2.53. The summed E-state index contributed by atoms with van der Waals surface area (Å²) in [4.78, 5) is 30.4. The summed E-state index contributed by atoms with van der Waals surface area (Å²) in [6.07, 6.45) is 4.24. The van der Waals surface area contributed by atoms with E-state index in [1.807, 2.05) is 11.0 Å². The van der Waals surface area contributed by atoms with Crippen LogP contribution < -0.4 is 10.6 Å². The molecule has 1 aliphatic heterocycles. The fourth-order valence-corrected chi connectivity index (χ4v) is 4.13. The lowest BCUT2D eigenvalue weighted by molar-refractivity contribution is 0.0926. The normalized spacial score (nSPS) is 23.5. The first kappa shape index (κ1) is 18.8. The van der Waals surface area contributed by atoms with Crippen molar-refractivity contribution in [1.29, 1.82) is 0 Å². The number of likely N-dealkylation sites (tertiary alicyclic amines) is 1. The van der Waals surface area contributed by atoms with Crippen molar-refractivity contribution in [3.63, 3.8) is 0 Å². The predicted octanol–water partition coefficient (Wildman–Crippen LogP) is 2.88. The summed E-state index contributed by atoms with van der Waals surface area (Å²) >= 11 is 0. The van der Waals surface area contributed by atoms with E-state index >= 15 is 0 Å². The Hall–Kier alpha value is -2.57. The quantitative estimate of drug-likeness (QED) is 0.830. The summed E-state index contributed by atoms with van der Waals surface area (Å²) < 4.78 is 5.54. The second-order valence-electron chi connectivity index (χ2n) is 9.18. The van der Waals surface area contributed by atoms with E-state index in [0.717, 1.165) is 24.9 Å². The van der Waals surface area contributed by atoms with Gasteiger partial charge in [-0.25, -0.2) is 4.79 Å². The zero-order valence-electron chi connectivity index (χ0n) is 16.7. The Labute approximate surface area is 164 Å². The lowest BCUT2D eigenvalue weighted by atomic mass is 9.97. The van der Waals surface area contributed by atoms with Gasteiger partial charge in [0, 0.05) is 37.8 Å². The summed E-state index contributed by atoms with van der Waals surface area (Å²) in [6, 6.07) is 3.62. The number of carbonyl (C=O) groups excluding carboxylic acids is 2. The molecule has 3 amide bonds. The molecule has 1 saturated carbocycles. The van der Waals surface area contributed by atoms with Gasteiger partial charge in [0.25, 0.3) is 5.91 Å². The number of aromatic nitrogens is 1. The van der Waals surface area contributed by atoms with Gasteiger partial charge in [-0.05, 0) is 41.7 Å². The summed E-state index contributed by atoms with van der Waals surface area (Å²) in [5, 5.41) is 6.84.